The van der Waals surface area contributed by atoms with Crippen LogP contribution in [-0.4, -0.2) is 17.5 Å². The van der Waals surface area contributed by atoms with Gasteiger partial charge in [-0.05, 0) is 51.4 Å². The molecule has 0 atom stereocenters. The molecule has 0 aromatic carbocycles. The van der Waals surface area contributed by atoms with Gasteiger partial charge in [-0.25, -0.2) is 0 Å². The van der Waals surface area contributed by atoms with Gasteiger partial charge >= 0.3 is 0 Å². The highest BCUT2D eigenvalue weighted by molar-refractivity contribution is 5.77. The standard InChI is InChI=1S/C12H22N2O/c1-12(6-7-12)14-11(15)8-9-2-4-10(13)5-3-9/h9-10H,2-8,13H2,1H3,(H,14,15). The van der Waals surface area contributed by atoms with Crippen molar-refractivity contribution < 1.29 is 4.79 Å². The second-order valence-corrected chi connectivity index (χ2v) is 5.59. The number of nitrogens with two attached hydrogens (primary N) is 1. The molecule has 0 saturated heterocycles. The number of carbonyl (C=O) groups excluding carboxylic acids is 1. The minimum absolute atomic E-state index is 0.141. The minimum Gasteiger partial charge on any atom is -0.351 e. The number of nitrogens with one attached hydrogen (secondary N) is 1. The Labute approximate surface area is 91.8 Å². The number of rotatable bonds is 3. The van der Waals surface area contributed by atoms with Crippen molar-refractivity contribution in [3.05, 3.63) is 0 Å². The summed E-state index contributed by atoms with van der Waals surface area (Å²) < 4.78 is 0. The molecule has 2 rings (SSSR count). The Morgan fingerprint density at radius 2 is 1.93 bits per heavy atom. The topological polar surface area (TPSA) is 55.1 Å². The van der Waals surface area contributed by atoms with E-state index in [9.17, 15) is 4.79 Å². The number of carbonyl (C=O) groups is 1. The highest BCUT2D eigenvalue weighted by atomic mass is 16.1. The lowest BCUT2D eigenvalue weighted by atomic mass is 9.84. The van der Waals surface area contributed by atoms with Crippen molar-refractivity contribution in [2.45, 2.75) is 63.5 Å². The summed E-state index contributed by atoms with van der Waals surface area (Å²) in [6, 6.07) is 0.380. The Hall–Kier alpha value is -0.570. The number of hydrogen-bond acceptors (Lipinski definition) is 2. The molecule has 2 saturated carbocycles. The van der Waals surface area contributed by atoms with Crippen LogP contribution >= 0.6 is 0 Å². The summed E-state index contributed by atoms with van der Waals surface area (Å²) in [6.45, 7) is 2.13. The first-order chi connectivity index (χ1) is 7.07. The molecule has 0 spiro atoms. The van der Waals surface area contributed by atoms with E-state index >= 15 is 0 Å². The average Bonchev–Trinajstić information content (AvgIpc) is 2.87. The van der Waals surface area contributed by atoms with Crippen LogP contribution in [0.1, 0.15) is 51.9 Å². The number of hydrogen-bond donors (Lipinski definition) is 2. The van der Waals surface area contributed by atoms with E-state index in [0.717, 1.165) is 38.5 Å². The van der Waals surface area contributed by atoms with Crippen molar-refractivity contribution in [2.75, 3.05) is 0 Å². The van der Waals surface area contributed by atoms with Gasteiger partial charge in [-0.3, -0.25) is 4.79 Å². The van der Waals surface area contributed by atoms with E-state index in [2.05, 4.69) is 12.2 Å². The van der Waals surface area contributed by atoms with Gasteiger partial charge in [0.25, 0.3) is 0 Å². The lowest BCUT2D eigenvalue weighted by Crippen LogP contribution is -2.36. The largest absolute Gasteiger partial charge is 0.351 e. The zero-order chi connectivity index (χ0) is 10.9. The third kappa shape index (κ3) is 3.20. The van der Waals surface area contributed by atoms with Crippen LogP contribution in [0.4, 0.5) is 0 Å². The van der Waals surface area contributed by atoms with Crippen LogP contribution in [0.2, 0.25) is 0 Å². The van der Waals surface area contributed by atoms with Gasteiger partial charge in [-0.1, -0.05) is 0 Å². The van der Waals surface area contributed by atoms with Crippen molar-refractivity contribution in [3.63, 3.8) is 0 Å². The maximum atomic E-state index is 11.7. The Morgan fingerprint density at radius 3 is 2.47 bits per heavy atom. The first kappa shape index (κ1) is 10.9. The van der Waals surface area contributed by atoms with Crippen molar-refractivity contribution in [3.8, 4) is 0 Å². The van der Waals surface area contributed by atoms with Crippen LogP contribution in [0.15, 0.2) is 0 Å². The van der Waals surface area contributed by atoms with Crippen LogP contribution in [0, 0.1) is 5.92 Å². The summed E-state index contributed by atoms with van der Waals surface area (Å²) in [5, 5.41) is 3.12. The summed E-state index contributed by atoms with van der Waals surface area (Å²) in [5.74, 6) is 0.822. The summed E-state index contributed by atoms with van der Waals surface area (Å²) in [7, 11) is 0. The Kier molecular flexibility index (Phi) is 3.01. The summed E-state index contributed by atoms with van der Waals surface area (Å²) in [6.07, 6.45) is 7.45. The molecule has 0 unspecified atom stereocenters. The highest BCUT2D eigenvalue weighted by Crippen LogP contribution is 2.35. The molecule has 0 aliphatic heterocycles. The minimum atomic E-state index is 0.141. The third-order valence-corrected chi connectivity index (χ3v) is 3.81. The summed E-state index contributed by atoms with van der Waals surface area (Å²) in [5.41, 5.74) is 5.98. The fraction of sp³-hybridized carbons (Fsp3) is 0.917. The van der Waals surface area contributed by atoms with E-state index < -0.39 is 0 Å². The zero-order valence-corrected chi connectivity index (χ0v) is 9.59. The van der Waals surface area contributed by atoms with Gasteiger partial charge in [0, 0.05) is 18.0 Å². The second kappa shape index (κ2) is 4.12. The summed E-state index contributed by atoms with van der Waals surface area (Å²) >= 11 is 0. The van der Waals surface area contributed by atoms with Crippen LogP contribution in [0.3, 0.4) is 0 Å². The average molecular weight is 210 g/mol. The van der Waals surface area contributed by atoms with Gasteiger partial charge in [-0.2, -0.15) is 0 Å². The van der Waals surface area contributed by atoms with Crippen LogP contribution < -0.4 is 11.1 Å². The van der Waals surface area contributed by atoms with E-state index in [4.69, 9.17) is 5.73 Å². The van der Waals surface area contributed by atoms with E-state index in [1.54, 1.807) is 0 Å². The normalized spacial score (nSPS) is 33.5. The second-order valence-electron chi connectivity index (χ2n) is 5.59. The molecule has 0 heterocycles. The van der Waals surface area contributed by atoms with Gasteiger partial charge < -0.3 is 11.1 Å². The zero-order valence-electron chi connectivity index (χ0n) is 9.59. The first-order valence-electron chi connectivity index (χ1n) is 6.14. The Morgan fingerprint density at radius 1 is 1.33 bits per heavy atom. The molecular weight excluding hydrogens is 188 g/mol. The van der Waals surface area contributed by atoms with E-state index in [1.165, 1.54) is 0 Å². The molecule has 0 aromatic rings. The van der Waals surface area contributed by atoms with Crippen LogP contribution in [0.25, 0.3) is 0 Å². The molecule has 15 heavy (non-hydrogen) atoms. The van der Waals surface area contributed by atoms with Crippen molar-refractivity contribution in [1.82, 2.24) is 5.32 Å². The molecule has 1 amide bonds. The SMILES string of the molecule is CC1(NC(=O)CC2CCC(N)CC2)CC1. The molecule has 0 aromatic heterocycles. The van der Waals surface area contributed by atoms with E-state index in [1.807, 2.05) is 0 Å². The lowest BCUT2D eigenvalue weighted by molar-refractivity contribution is -0.123. The maximum Gasteiger partial charge on any atom is 0.220 e. The fourth-order valence-corrected chi connectivity index (χ4v) is 2.35. The summed E-state index contributed by atoms with van der Waals surface area (Å²) in [4.78, 5) is 11.7. The highest BCUT2D eigenvalue weighted by Gasteiger charge is 2.38. The monoisotopic (exact) mass is 210 g/mol. The van der Waals surface area contributed by atoms with E-state index in [-0.39, 0.29) is 11.4 Å². The molecule has 86 valence electrons. The predicted molar refractivity (Wildman–Crippen MR) is 60.3 cm³/mol. The molecule has 0 bridgehead atoms. The van der Waals surface area contributed by atoms with Gasteiger partial charge in [0.2, 0.25) is 5.91 Å². The van der Waals surface area contributed by atoms with Gasteiger partial charge in [0.15, 0.2) is 0 Å². The maximum absolute atomic E-state index is 11.7. The molecular formula is C12H22N2O. The van der Waals surface area contributed by atoms with Crippen molar-refractivity contribution >= 4 is 5.91 Å². The van der Waals surface area contributed by atoms with Crippen molar-refractivity contribution in [1.29, 1.82) is 0 Å². The van der Waals surface area contributed by atoms with Gasteiger partial charge in [0.05, 0.1) is 0 Å². The van der Waals surface area contributed by atoms with Crippen LogP contribution in [-0.2, 0) is 4.79 Å². The predicted octanol–water partition coefficient (Wildman–Crippen LogP) is 1.56. The molecule has 3 N–H and O–H groups in total. The Bertz CT molecular complexity index is 240. The van der Waals surface area contributed by atoms with Gasteiger partial charge in [-0.15, -0.1) is 0 Å². The van der Waals surface area contributed by atoms with Crippen molar-refractivity contribution in [2.24, 2.45) is 11.7 Å². The smallest absolute Gasteiger partial charge is 0.220 e. The molecule has 0 radical (unpaired) electrons. The molecule has 2 aliphatic carbocycles. The molecule has 2 aliphatic rings. The fourth-order valence-electron chi connectivity index (χ4n) is 2.35. The molecule has 3 heteroatoms. The number of amides is 1. The van der Waals surface area contributed by atoms with Gasteiger partial charge in [0.1, 0.15) is 0 Å². The lowest BCUT2D eigenvalue weighted by Gasteiger charge is -2.26. The van der Waals surface area contributed by atoms with Crippen LogP contribution in [0.5, 0.6) is 0 Å². The Balaban J connectivity index is 1.70. The van der Waals surface area contributed by atoms with E-state index in [0.29, 0.717) is 18.4 Å². The quantitative estimate of drug-likeness (QED) is 0.742. The molecule has 2 fully saturated rings. The first-order valence-corrected chi connectivity index (χ1v) is 6.14. The molecule has 3 nitrogen and oxygen atoms in total. The third-order valence-electron chi connectivity index (χ3n) is 3.81.